The summed E-state index contributed by atoms with van der Waals surface area (Å²) in [4.78, 5) is 2.53. The Morgan fingerprint density at radius 3 is 2.36 bits per heavy atom. The topological polar surface area (TPSA) is 52.7 Å². The van der Waals surface area contributed by atoms with E-state index in [2.05, 4.69) is 10.2 Å². The number of sulfonamides is 1. The van der Waals surface area contributed by atoms with Crippen molar-refractivity contribution < 1.29 is 12.8 Å². The predicted octanol–water partition coefficient (Wildman–Crippen LogP) is 0.916. The van der Waals surface area contributed by atoms with E-state index in [1.807, 2.05) is 0 Å². The monoisotopic (exact) mass is 349 g/mol. The van der Waals surface area contributed by atoms with Crippen LogP contribution < -0.4 is 5.32 Å². The first kappa shape index (κ1) is 17.6. The van der Waals surface area contributed by atoms with Crippen LogP contribution in [-0.2, 0) is 10.0 Å². The van der Waals surface area contributed by atoms with Crippen LogP contribution in [-0.4, -0.2) is 62.9 Å². The van der Waals surface area contributed by atoms with Crippen molar-refractivity contribution in [3.8, 4) is 0 Å². The fraction of sp³-hybridized carbons (Fsp3) is 0.571. The minimum Gasteiger partial charge on any atom is -0.314 e. The number of piperazine rings is 1. The molecule has 0 aliphatic carbocycles. The first-order valence-electron chi connectivity index (χ1n) is 7.28. The second-order valence-corrected chi connectivity index (χ2v) is 7.48. The molecule has 2 heterocycles. The van der Waals surface area contributed by atoms with Crippen LogP contribution in [0.5, 0.6) is 0 Å². The second-order valence-electron chi connectivity index (χ2n) is 5.55. The van der Waals surface area contributed by atoms with Crippen LogP contribution >= 0.6 is 12.4 Å². The van der Waals surface area contributed by atoms with E-state index in [-0.39, 0.29) is 17.3 Å². The summed E-state index contributed by atoms with van der Waals surface area (Å²) in [5, 5.41) is 3.30. The minimum absolute atomic E-state index is 0. The molecule has 2 saturated heterocycles. The molecule has 1 N–H and O–H groups in total. The van der Waals surface area contributed by atoms with Gasteiger partial charge in [-0.05, 0) is 30.7 Å². The first-order chi connectivity index (χ1) is 10.1. The highest BCUT2D eigenvalue weighted by molar-refractivity contribution is 7.89. The Labute approximate surface area is 136 Å². The summed E-state index contributed by atoms with van der Waals surface area (Å²) in [7, 11) is -3.50. The molecule has 8 heteroatoms. The molecule has 1 aromatic rings. The number of benzene rings is 1. The zero-order valence-corrected chi connectivity index (χ0v) is 13.9. The molecule has 1 unspecified atom stereocenters. The van der Waals surface area contributed by atoms with Gasteiger partial charge in [0.1, 0.15) is 5.82 Å². The summed E-state index contributed by atoms with van der Waals surface area (Å²) in [5.41, 5.74) is 0. The molecule has 1 aromatic carbocycles. The first-order valence-corrected chi connectivity index (χ1v) is 8.72. The van der Waals surface area contributed by atoms with E-state index in [9.17, 15) is 12.8 Å². The molecule has 2 aliphatic heterocycles. The van der Waals surface area contributed by atoms with Crippen molar-refractivity contribution in [2.24, 2.45) is 0 Å². The number of nitrogens with one attached hydrogen (secondary N) is 1. The van der Waals surface area contributed by atoms with Gasteiger partial charge in [0.25, 0.3) is 0 Å². The Kier molecular flexibility index (Phi) is 5.79. The highest BCUT2D eigenvalue weighted by Gasteiger charge is 2.35. The summed E-state index contributed by atoms with van der Waals surface area (Å²) in [6, 6.07) is 5.35. The average molecular weight is 350 g/mol. The third-order valence-electron chi connectivity index (χ3n) is 4.25. The summed E-state index contributed by atoms with van der Waals surface area (Å²) in [6.07, 6.45) is 0.862. The minimum atomic E-state index is -3.50. The van der Waals surface area contributed by atoms with Gasteiger partial charge in [-0.15, -0.1) is 12.4 Å². The van der Waals surface area contributed by atoms with Crippen LogP contribution in [0.3, 0.4) is 0 Å². The van der Waals surface area contributed by atoms with Gasteiger partial charge in [0.05, 0.1) is 4.90 Å². The van der Waals surface area contributed by atoms with Crippen molar-refractivity contribution in [1.29, 1.82) is 0 Å². The Balaban J connectivity index is 0.00000176. The van der Waals surface area contributed by atoms with Crippen molar-refractivity contribution in [2.45, 2.75) is 17.4 Å². The van der Waals surface area contributed by atoms with Crippen molar-refractivity contribution in [3.63, 3.8) is 0 Å². The number of hydrogen-bond donors (Lipinski definition) is 1. The quantitative estimate of drug-likeness (QED) is 0.881. The second kappa shape index (κ2) is 7.23. The Morgan fingerprint density at radius 1 is 1.09 bits per heavy atom. The normalized spacial score (nSPS) is 24.1. The number of rotatable bonds is 3. The van der Waals surface area contributed by atoms with Crippen molar-refractivity contribution in [2.75, 3.05) is 39.3 Å². The van der Waals surface area contributed by atoms with Gasteiger partial charge in [-0.2, -0.15) is 4.31 Å². The fourth-order valence-corrected chi connectivity index (χ4v) is 4.52. The number of nitrogens with zero attached hydrogens (tertiary/aromatic N) is 2. The molecule has 124 valence electrons. The van der Waals surface area contributed by atoms with Gasteiger partial charge in [0.2, 0.25) is 10.0 Å². The van der Waals surface area contributed by atoms with Crippen LogP contribution in [0.15, 0.2) is 29.2 Å². The third-order valence-corrected chi connectivity index (χ3v) is 6.12. The van der Waals surface area contributed by atoms with Gasteiger partial charge in [-0.25, -0.2) is 12.8 Å². The molecule has 0 radical (unpaired) electrons. The maximum atomic E-state index is 12.9. The third kappa shape index (κ3) is 3.60. The molecule has 0 saturated carbocycles. The fourth-order valence-electron chi connectivity index (χ4n) is 3.03. The van der Waals surface area contributed by atoms with Crippen LogP contribution in [0.1, 0.15) is 6.42 Å². The van der Waals surface area contributed by atoms with E-state index in [0.29, 0.717) is 19.1 Å². The predicted molar refractivity (Wildman–Crippen MR) is 85.3 cm³/mol. The van der Waals surface area contributed by atoms with Crippen LogP contribution in [0.4, 0.5) is 4.39 Å². The number of halogens is 2. The summed E-state index contributed by atoms with van der Waals surface area (Å²) < 4.78 is 39.6. The standard InChI is InChI=1S/C14H20FN3O2S.ClH/c15-12-1-3-14(4-2-12)21(19,20)18-8-5-13(11-18)17-9-6-16-7-10-17;/h1-4,13,16H,5-11H2;1H. The van der Waals surface area contributed by atoms with E-state index < -0.39 is 15.8 Å². The molecular formula is C14H21ClFN3O2S. The highest BCUT2D eigenvalue weighted by atomic mass is 35.5. The molecule has 3 rings (SSSR count). The lowest BCUT2D eigenvalue weighted by atomic mass is 10.2. The van der Waals surface area contributed by atoms with Crippen molar-refractivity contribution in [1.82, 2.24) is 14.5 Å². The van der Waals surface area contributed by atoms with Crippen LogP contribution in [0.25, 0.3) is 0 Å². The molecule has 5 nitrogen and oxygen atoms in total. The smallest absolute Gasteiger partial charge is 0.243 e. The summed E-state index contributed by atoms with van der Waals surface area (Å²) in [5.74, 6) is -0.422. The van der Waals surface area contributed by atoms with Crippen molar-refractivity contribution >= 4 is 22.4 Å². The van der Waals surface area contributed by atoms with Crippen LogP contribution in [0, 0.1) is 5.82 Å². The largest absolute Gasteiger partial charge is 0.314 e. The molecule has 2 fully saturated rings. The summed E-state index contributed by atoms with van der Waals surface area (Å²) in [6.45, 7) is 4.92. The van der Waals surface area contributed by atoms with E-state index in [4.69, 9.17) is 0 Å². The Morgan fingerprint density at radius 2 is 1.73 bits per heavy atom. The molecule has 22 heavy (non-hydrogen) atoms. The zero-order chi connectivity index (χ0) is 14.9. The van der Waals surface area contributed by atoms with Gasteiger partial charge >= 0.3 is 0 Å². The van der Waals surface area contributed by atoms with Gasteiger partial charge in [-0.1, -0.05) is 0 Å². The lowest BCUT2D eigenvalue weighted by molar-refractivity contribution is 0.179. The highest BCUT2D eigenvalue weighted by Crippen LogP contribution is 2.24. The van der Waals surface area contributed by atoms with E-state index in [0.717, 1.165) is 32.6 Å². The molecular weight excluding hydrogens is 329 g/mol. The molecule has 0 spiro atoms. The Hall–Kier alpha value is -0.730. The maximum Gasteiger partial charge on any atom is 0.243 e. The molecule has 1 atom stereocenters. The van der Waals surface area contributed by atoms with Gasteiger partial charge in [0.15, 0.2) is 0 Å². The van der Waals surface area contributed by atoms with Gasteiger partial charge < -0.3 is 5.32 Å². The van der Waals surface area contributed by atoms with E-state index in [1.165, 1.54) is 28.6 Å². The number of hydrogen-bond acceptors (Lipinski definition) is 4. The molecule has 0 aromatic heterocycles. The van der Waals surface area contributed by atoms with Gasteiger partial charge in [0, 0.05) is 45.3 Å². The van der Waals surface area contributed by atoms with Gasteiger partial charge in [-0.3, -0.25) is 4.90 Å². The lowest BCUT2D eigenvalue weighted by Gasteiger charge is -2.32. The SMILES string of the molecule is Cl.O=S(=O)(c1ccc(F)cc1)N1CCC(N2CCNCC2)C1. The van der Waals surface area contributed by atoms with E-state index in [1.54, 1.807) is 0 Å². The average Bonchev–Trinajstić information content (AvgIpc) is 2.99. The van der Waals surface area contributed by atoms with E-state index >= 15 is 0 Å². The lowest BCUT2D eigenvalue weighted by Crippen LogP contribution is -2.49. The summed E-state index contributed by atoms with van der Waals surface area (Å²) >= 11 is 0. The maximum absolute atomic E-state index is 12.9. The molecule has 0 amide bonds. The Bertz CT molecular complexity index is 591. The van der Waals surface area contributed by atoms with Crippen LogP contribution in [0.2, 0.25) is 0 Å². The molecule has 0 bridgehead atoms. The van der Waals surface area contributed by atoms with Crippen molar-refractivity contribution in [3.05, 3.63) is 30.1 Å². The molecule has 2 aliphatic rings. The zero-order valence-electron chi connectivity index (χ0n) is 12.2.